The molecule has 3 heterocycles. The van der Waals surface area contributed by atoms with E-state index in [1.165, 1.54) is 12.1 Å². The summed E-state index contributed by atoms with van der Waals surface area (Å²) in [7, 11) is 0. The van der Waals surface area contributed by atoms with E-state index in [9.17, 15) is 4.79 Å². The van der Waals surface area contributed by atoms with Gasteiger partial charge in [-0.25, -0.2) is 4.98 Å². The SMILES string of the molecule is CSCC[C@H](NC(=O)c1cc(Cl)nc(Cl)c1)c1nnc2ccccn12. The predicted molar refractivity (Wildman–Crippen MR) is 100 cm³/mol. The summed E-state index contributed by atoms with van der Waals surface area (Å²) in [5.74, 6) is 1.26. The average Bonchev–Trinajstić information content (AvgIpc) is 3.01. The van der Waals surface area contributed by atoms with Crippen LogP contribution in [0.1, 0.15) is 28.6 Å². The second-order valence-electron chi connectivity index (χ2n) is 5.30. The predicted octanol–water partition coefficient (Wildman–Crippen LogP) is 3.66. The lowest BCUT2D eigenvalue weighted by Gasteiger charge is -2.17. The molecule has 1 amide bonds. The van der Waals surface area contributed by atoms with Crippen molar-refractivity contribution in [2.45, 2.75) is 12.5 Å². The number of hydrogen-bond donors (Lipinski definition) is 1. The molecule has 0 spiro atoms. The molecule has 0 aliphatic carbocycles. The van der Waals surface area contributed by atoms with Gasteiger partial charge in [-0.15, -0.1) is 10.2 Å². The molecular weight excluding hydrogens is 381 g/mol. The second kappa shape index (κ2) is 8.03. The van der Waals surface area contributed by atoms with Crippen LogP contribution in [0, 0.1) is 0 Å². The number of nitrogens with zero attached hydrogens (tertiary/aromatic N) is 4. The highest BCUT2D eigenvalue weighted by molar-refractivity contribution is 7.98. The standard InChI is InChI=1S/C16H15Cl2N5OS/c1-25-7-5-11(15-22-21-14-4-2-3-6-23(14)15)19-16(24)10-8-12(17)20-13(18)9-10/h2-4,6,8-9,11H,5,7H2,1H3,(H,19,24)/t11-/m0/s1. The Morgan fingerprint density at radius 1 is 1.28 bits per heavy atom. The van der Waals surface area contributed by atoms with Crippen molar-refractivity contribution in [2.24, 2.45) is 0 Å². The third-order valence-corrected chi connectivity index (χ3v) is 4.62. The number of rotatable bonds is 6. The van der Waals surface area contributed by atoms with E-state index in [4.69, 9.17) is 23.2 Å². The van der Waals surface area contributed by atoms with Crippen molar-refractivity contribution in [2.75, 3.05) is 12.0 Å². The molecule has 3 rings (SSSR count). The van der Waals surface area contributed by atoms with E-state index in [1.807, 2.05) is 35.1 Å². The molecule has 0 aliphatic rings. The van der Waals surface area contributed by atoms with Gasteiger partial charge < -0.3 is 5.32 Å². The topological polar surface area (TPSA) is 72.2 Å². The van der Waals surface area contributed by atoms with Gasteiger partial charge in [0.15, 0.2) is 11.5 Å². The summed E-state index contributed by atoms with van der Waals surface area (Å²) in [6, 6.07) is 8.34. The molecule has 130 valence electrons. The van der Waals surface area contributed by atoms with Crippen LogP contribution < -0.4 is 5.32 Å². The summed E-state index contributed by atoms with van der Waals surface area (Å²) in [6.45, 7) is 0. The van der Waals surface area contributed by atoms with Crippen LogP contribution in [0.5, 0.6) is 0 Å². The minimum atomic E-state index is -0.289. The first-order chi connectivity index (χ1) is 12.1. The smallest absolute Gasteiger partial charge is 0.252 e. The number of thioether (sulfide) groups is 1. The highest BCUT2D eigenvalue weighted by Crippen LogP contribution is 2.20. The molecule has 6 nitrogen and oxygen atoms in total. The van der Waals surface area contributed by atoms with E-state index < -0.39 is 0 Å². The Morgan fingerprint density at radius 3 is 2.76 bits per heavy atom. The van der Waals surface area contributed by atoms with E-state index in [0.29, 0.717) is 11.4 Å². The van der Waals surface area contributed by atoms with E-state index in [0.717, 1.165) is 17.8 Å². The van der Waals surface area contributed by atoms with E-state index >= 15 is 0 Å². The number of pyridine rings is 2. The van der Waals surface area contributed by atoms with Gasteiger partial charge in [-0.2, -0.15) is 11.8 Å². The monoisotopic (exact) mass is 395 g/mol. The quantitative estimate of drug-likeness (QED) is 0.644. The minimum Gasteiger partial charge on any atom is -0.342 e. The average molecular weight is 396 g/mol. The first kappa shape index (κ1) is 18.0. The Labute approximate surface area is 158 Å². The Hall–Kier alpha value is -1.83. The Bertz CT molecular complexity index is 881. The van der Waals surface area contributed by atoms with Gasteiger partial charge in [-0.3, -0.25) is 9.20 Å². The van der Waals surface area contributed by atoms with Gasteiger partial charge in [-0.05, 0) is 42.7 Å². The molecule has 1 N–H and O–H groups in total. The number of nitrogens with one attached hydrogen (secondary N) is 1. The molecule has 0 unspecified atom stereocenters. The zero-order valence-electron chi connectivity index (χ0n) is 13.3. The number of amides is 1. The van der Waals surface area contributed by atoms with Gasteiger partial charge in [0.25, 0.3) is 5.91 Å². The summed E-state index contributed by atoms with van der Waals surface area (Å²) >= 11 is 13.5. The molecule has 3 aromatic heterocycles. The van der Waals surface area contributed by atoms with E-state index in [2.05, 4.69) is 20.5 Å². The molecular formula is C16H15Cl2N5OS. The van der Waals surface area contributed by atoms with Crippen LogP contribution in [-0.4, -0.2) is 37.5 Å². The van der Waals surface area contributed by atoms with Crippen molar-refractivity contribution < 1.29 is 4.79 Å². The van der Waals surface area contributed by atoms with Gasteiger partial charge in [0.05, 0.1) is 6.04 Å². The molecule has 1 atom stereocenters. The number of carbonyl (C=O) groups is 1. The maximum atomic E-state index is 12.6. The highest BCUT2D eigenvalue weighted by atomic mass is 35.5. The molecule has 9 heteroatoms. The van der Waals surface area contributed by atoms with Crippen molar-refractivity contribution in [3.63, 3.8) is 0 Å². The maximum Gasteiger partial charge on any atom is 0.252 e. The molecule has 0 saturated carbocycles. The summed E-state index contributed by atoms with van der Waals surface area (Å²) in [4.78, 5) is 16.5. The van der Waals surface area contributed by atoms with Crippen molar-refractivity contribution in [1.29, 1.82) is 0 Å². The highest BCUT2D eigenvalue weighted by Gasteiger charge is 2.21. The zero-order chi connectivity index (χ0) is 17.8. The fourth-order valence-corrected chi connectivity index (χ4v) is 3.37. The lowest BCUT2D eigenvalue weighted by atomic mass is 10.1. The molecule has 3 aromatic rings. The van der Waals surface area contributed by atoms with Crippen LogP contribution in [0.25, 0.3) is 5.65 Å². The Morgan fingerprint density at radius 2 is 2.04 bits per heavy atom. The molecule has 0 saturated heterocycles. The molecule has 0 aromatic carbocycles. The fourth-order valence-electron chi connectivity index (χ4n) is 2.44. The summed E-state index contributed by atoms with van der Waals surface area (Å²) in [6.07, 6.45) is 4.61. The van der Waals surface area contributed by atoms with Crippen molar-refractivity contribution in [1.82, 2.24) is 24.9 Å². The third-order valence-electron chi connectivity index (χ3n) is 3.59. The maximum absolute atomic E-state index is 12.6. The van der Waals surface area contributed by atoms with Gasteiger partial charge in [-0.1, -0.05) is 29.3 Å². The van der Waals surface area contributed by atoms with Crippen molar-refractivity contribution in [3.05, 3.63) is 58.2 Å². The van der Waals surface area contributed by atoms with Gasteiger partial charge in [0.2, 0.25) is 0 Å². The van der Waals surface area contributed by atoms with Gasteiger partial charge >= 0.3 is 0 Å². The third kappa shape index (κ3) is 4.23. The molecule has 0 fully saturated rings. The fraction of sp³-hybridized carbons (Fsp3) is 0.250. The number of halogens is 2. The van der Waals surface area contributed by atoms with Gasteiger partial charge in [0.1, 0.15) is 10.3 Å². The number of hydrogen-bond acceptors (Lipinski definition) is 5. The first-order valence-electron chi connectivity index (χ1n) is 7.51. The van der Waals surface area contributed by atoms with Crippen LogP contribution in [0.2, 0.25) is 10.3 Å². The normalized spacial score (nSPS) is 12.3. The van der Waals surface area contributed by atoms with E-state index in [-0.39, 0.29) is 22.3 Å². The largest absolute Gasteiger partial charge is 0.342 e. The summed E-state index contributed by atoms with van der Waals surface area (Å²) < 4.78 is 1.87. The number of aromatic nitrogens is 4. The summed E-state index contributed by atoms with van der Waals surface area (Å²) in [5, 5.41) is 11.8. The van der Waals surface area contributed by atoms with Crippen molar-refractivity contribution in [3.8, 4) is 0 Å². The molecule has 0 aliphatic heterocycles. The molecule has 25 heavy (non-hydrogen) atoms. The lowest BCUT2D eigenvalue weighted by Crippen LogP contribution is -2.30. The minimum absolute atomic E-state index is 0.172. The van der Waals surface area contributed by atoms with Crippen LogP contribution in [-0.2, 0) is 0 Å². The van der Waals surface area contributed by atoms with Crippen molar-refractivity contribution >= 4 is 46.5 Å². The summed E-state index contributed by atoms with van der Waals surface area (Å²) in [5.41, 5.74) is 1.09. The zero-order valence-corrected chi connectivity index (χ0v) is 15.6. The van der Waals surface area contributed by atoms with Crippen LogP contribution >= 0.6 is 35.0 Å². The van der Waals surface area contributed by atoms with Gasteiger partial charge in [0, 0.05) is 11.8 Å². The molecule has 0 radical (unpaired) electrons. The lowest BCUT2D eigenvalue weighted by molar-refractivity contribution is 0.0933. The molecule has 0 bridgehead atoms. The Balaban J connectivity index is 1.89. The second-order valence-corrected chi connectivity index (χ2v) is 7.06. The first-order valence-corrected chi connectivity index (χ1v) is 9.66. The van der Waals surface area contributed by atoms with E-state index in [1.54, 1.807) is 11.8 Å². The number of carbonyl (C=O) groups excluding carboxylic acids is 1. The number of fused-ring (bicyclic) bond motifs is 1. The van der Waals surface area contributed by atoms with Crippen LogP contribution in [0.3, 0.4) is 0 Å². The van der Waals surface area contributed by atoms with Crippen LogP contribution in [0.4, 0.5) is 0 Å². The van der Waals surface area contributed by atoms with Crippen LogP contribution in [0.15, 0.2) is 36.5 Å². The Kier molecular flexibility index (Phi) is 5.78.